The molecule has 5 rings (SSSR count). The summed E-state index contributed by atoms with van der Waals surface area (Å²) in [7, 11) is 0. The Hall–Kier alpha value is -2.87. The Morgan fingerprint density at radius 2 is 2.03 bits per heavy atom. The van der Waals surface area contributed by atoms with Crippen LogP contribution in [-0.4, -0.2) is 40.1 Å². The van der Waals surface area contributed by atoms with Gasteiger partial charge in [0.25, 0.3) is 5.56 Å². The number of hydrogen-bond donors (Lipinski definition) is 0. The van der Waals surface area contributed by atoms with Crippen LogP contribution in [0.4, 0.5) is 0 Å². The van der Waals surface area contributed by atoms with Gasteiger partial charge in [0.2, 0.25) is 5.91 Å². The minimum absolute atomic E-state index is 0.00282. The van der Waals surface area contributed by atoms with Gasteiger partial charge < -0.3 is 14.4 Å². The van der Waals surface area contributed by atoms with Crippen LogP contribution in [0.15, 0.2) is 29.3 Å². The number of benzene rings is 1. The molecule has 2 aliphatic heterocycles. The number of amides is 1. The molecule has 0 spiro atoms. The smallest absolute Gasteiger partial charge is 0.262 e. The van der Waals surface area contributed by atoms with E-state index in [1.807, 2.05) is 36.9 Å². The van der Waals surface area contributed by atoms with Gasteiger partial charge in [0.15, 0.2) is 11.5 Å². The molecule has 156 valence electrons. The van der Waals surface area contributed by atoms with Crippen LogP contribution in [0.25, 0.3) is 10.2 Å². The zero-order valence-corrected chi connectivity index (χ0v) is 17.8. The molecule has 1 aromatic carbocycles. The van der Waals surface area contributed by atoms with Crippen LogP contribution >= 0.6 is 11.3 Å². The number of aromatic nitrogens is 2. The summed E-state index contributed by atoms with van der Waals surface area (Å²) in [4.78, 5) is 34.2. The molecule has 8 heteroatoms. The van der Waals surface area contributed by atoms with Crippen LogP contribution in [-0.2, 0) is 11.3 Å². The van der Waals surface area contributed by atoms with Crippen molar-refractivity contribution >= 4 is 27.5 Å². The number of fused-ring (bicyclic) bond motifs is 2. The molecule has 0 N–H and O–H groups in total. The maximum atomic E-state index is 13.2. The Balaban J connectivity index is 1.41. The molecule has 1 saturated heterocycles. The first kappa shape index (κ1) is 19.1. The average Bonchev–Trinajstić information content (AvgIpc) is 3.35. The molecule has 3 aromatic rings. The van der Waals surface area contributed by atoms with Gasteiger partial charge in [-0.05, 0) is 49.9 Å². The van der Waals surface area contributed by atoms with Gasteiger partial charge in [0.1, 0.15) is 24.6 Å². The van der Waals surface area contributed by atoms with E-state index < -0.39 is 0 Å². The first-order valence-corrected chi connectivity index (χ1v) is 11.0. The van der Waals surface area contributed by atoms with Crippen molar-refractivity contribution in [2.45, 2.75) is 39.3 Å². The molecule has 4 heterocycles. The zero-order valence-electron chi connectivity index (χ0n) is 17.0. The van der Waals surface area contributed by atoms with Gasteiger partial charge in [0, 0.05) is 11.4 Å². The van der Waals surface area contributed by atoms with Crippen LogP contribution in [0.3, 0.4) is 0 Å². The highest BCUT2D eigenvalue weighted by Gasteiger charge is 2.31. The van der Waals surface area contributed by atoms with Crippen molar-refractivity contribution in [3.05, 3.63) is 50.9 Å². The normalized spacial score (nSPS) is 18.2. The predicted octanol–water partition coefficient (Wildman–Crippen LogP) is 3.21. The van der Waals surface area contributed by atoms with Gasteiger partial charge in [-0.3, -0.25) is 14.2 Å². The third-order valence-electron chi connectivity index (χ3n) is 5.99. The first-order valence-electron chi connectivity index (χ1n) is 10.2. The molecular formula is C22H23N3O4S. The lowest BCUT2D eigenvalue weighted by Gasteiger charge is -2.27. The lowest BCUT2D eigenvalue weighted by Crippen LogP contribution is -2.36. The minimum atomic E-state index is -0.148. The van der Waals surface area contributed by atoms with E-state index in [0.717, 1.165) is 45.2 Å². The predicted molar refractivity (Wildman–Crippen MR) is 114 cm³/mol. The molecule has 0 unspecified atom stereocenters. The number of carbonyl (C=O) groups is 1. The Bertz CT molecular complexity index is 1200. The standard InChI is InChI=1S/C22H23N3O4S/c1-13-14(2)30-21-20(13)22(27)24(12-23-21)11-19(26)25-7-3-4-16(25)15-5-6-17-18(10-15)29-9-8-28-17/h5-6,10,12,16H,3-4,7-9,11H2,1-2H3/t16-/m1/s1. The number of thiophene rings is 1. The van der Waals surface area contributed by atoms with E-state index in [9.17, 15) is 9.59 Å². The highest BCUT2D eigenvalue weighted by atomic mass is 32.1. The second-order valence-corrected chi connectivity index (χ2v) is 8.99. The second kappa shape index (κ2) is 7.43. The van der Waals surface area contributed by atoms with Crippen molar-refractivity contribution in [3.8, 4) is 11.5 Å². The Labute approximate surface area is 177 Å². The van der Waals surface area contributed by atoms with Crippen molar-refractivity contribution in [1.82, 2.24) is 14.5 Å². The number of carbonyl (C=O) groups excluding carboxylic acids is 1. The van der Waals surface area contributed by atoms with E-state index >= 15 is 0 Å². The summed E-state index contributed by atoms with van der Waals surface area (Å²) in [5, 5.41) is 0.623. The SMILES string of the molecule is Cc1sc2ncn(CC(=O)N3CCC[C@@H]3c3ccc4c(c3)OCCO4)c(=O)c2c1C. The van der Waals surface area contributed by atoms with Crippen molar-refractivity contribution < 1.29 is 14.3 Å². The average molecular weight is 426 g/mol. The van der Waals surface area contributed by atoms with Crippen LogP contribution in [0.1, 0.15) is 34.9 Å². The number of aryl methyl sites for hydroxylation is 2. The van der Waals surface area contributed by atoms with Crippen LogP contribution < -0.4 is 15.0 Å². The number of ether oxygens (including phenoxy) is 2. The summed E-state index contributed by atoms with van der Waals surface area (Å²) in [5.74, 6) is 1.40. The van der Waals surface area contributed by atoms with E-state index in [1.54, 1.807) is 0 Å². The van der Waals surface area contributed by atoms with Crippen molar-refractivity contribution in [2.24, 2.45) is 0 Å². The molecule has 0 saturated carbocycles. The highest BCUT2D eigenvalue weighted by molar-refractivity contribution is 7.18. The first-order chi connectivity index (χ1) is 14.5. The largest absolute Gasteiger partial charge is 0.486 e. The maximum absolute atomic E-state index is 13.2. The van der Waals surface area contributed by atoms with Crippen LogP contribution in [0.5, 0.6) is 11.5 Å². The van der Waals surface area contributed by atoms with Gasteiger partial charge in [0.05, 0.1) is 17.8 Å². The summed E-state index contributed by atoms with van der Waals surface area (Å²) >= 11 is 1.51. The molecule has 1 fully saturated rings. The van der Waals surface area contributed by atoms with Crippen LogP contribution in [0.2, 0.25) is 0 Å². The number of likely N-dealkylation sites (tertiary alicyclic amines) is 1. The Morgan fingerprint density at radius 1 is 1.23 bits per heavy atom. The minimum Gasteiger partial charge on any atom is -0.486 e. The molecule has 0 radical (unpaired) electrons. The highest BCUT2D eigenvalue weighted by Crippen LogP contribution is 2.38. The molecule has 7 nitrogen and oxygen atoms in total. The molecule has 0 bridgehead atoms. The lowest BCUT2D eigenvalue weighted by atomic mass is 10.0. The fourth-order valence-electron chi connectivity index (χ4n) is 4.30. The lowest BCUT2D eigenvalue weighted by molar-refractivity contribution is -0.132. The van der Waals surface area contributed by atoms with E-state index in [4.69, 9.17) is 9.47 Å². The van der Waals surface area contributed by atoms with Crippen molar-refractivity contribution in [1.29, 1.82) is 0 Å². The Kier molecular flexibility index (Phi) is 4.73. The summed E-state index contributed by atoms with van der Waals surface area (Å²) < 4.78 is 12.7. The monoisotopic (exact) mass is 425 g/mol. The summed E-state index contributed by atoms with van der Waals surface area (Å²) in [6.07, 6.45) is 3.31. The van der Waals surface area contributed by atoms with Crippen LogP contribution in [0, 0.1) is 13.8 Å². The van der Waals surface area contributed by atoms with Gasteiger partial charge in [-0.15, -0.1) is 11.3 Å². The second-order valence-electron chi connectivity index (χ2n) is 7.79. The summed E-state index contributed by atoms with van der Waals surface area (Å²) in [6, 6.07) is 5.86. The number of nitrogens with zero attached hydrogens (tertiary/aromatic N) is 3. The summed E-state index contributed by atoms with van der Waals surface area (Å²) in [5.41, 5.74) is 1.84. The molecule has 1 amide bonds. The van der Waals surface area contributed by atoms with E-state index in [-0.39, 0.29) is 24.1 Å². The molecule has 2 aliphatic rings. The Morgan fingerprint density at radius 3 is 2.87 bits per heavy atom. The van der Waals surface area contributed by atoms with Gasteiger partial charge in [-0.25, -0.2) is 4.98 Å². The zero-order chi connectivity index (χ0) is 20.8. The fraction of sp³-hybridized carbons (Fsp3) is 0.409. The fourth-order valence-corrected chi connectivity index (χ4v) is 5.29. The molecular weight excluding hydrogens is 402 g/mol. The van der Waals surface area contributed by atoms with Gasteiger partial charge in [-0.1, -0.05) is 6.07 Å². The number of hydrogen-bond acceptors (Lipinski definition) is 6. The summed E-state index contributed by atoms with van der Waals surface area (Å²) in [6.45, 7) is 5.68. The van der Waals surface area contributed by atoms with E-state index in [2.05, 4.69) is 4.98 Å². The number of rotatable bonds is 3. The quantitative estimate of drug-likeness (QED) is 0.644. The molecule has 1 atom stereocenters. The van der Waals surface area contributed by atoms with E-state index in [1.165, 1.54) is 22.2 Å². The van der Waals surface area contributed by atoms with E-state index in [0.29, 0.717) is 25.1 Å². The molecule has 30 heavy (non-hydrogen) atoms. The molecule has 0 aliphatic carbocycles. The third kappa shape index (κ3) is 3.15. The van der Waals surface area contributed by atoms with Gasteiger partial charge in [-0.2, -0.15) is 0 Å². The topological polar surface area (TPSA) is 73.7 Å². The third-order valence-corrected chi connectivity index (χ3v) is 7.10. The van der Waals surface area contributed by atoms with Crippen molar-refractivity contribution in [3.63, 3.8) is 0 Å². The molecule has 2 aromatic heterocycles. The maximum Gasteiger partial charge on any atom is 0.262 e. The van der Waals surface area contributed by atoms with Gasteiger partial charge >= 0.3 is 0 Å². The van der Waals surface area contributed by atoms with Crippen molar-refractivity contribution in [2.75, 3.05) is 19.8 Å².